The molecular formula is C15H23N5O2S. The summed E-state index contributed by atoms with van der Waals surface area (Å²) in [7, 11) is -2.90. The standard InChI is InChI=1S/C15H23N5O2S/c21-23(22)9-7-13(11-23)18-14-10-17-20-15(19-14)16-8-6-12-4-2-1-3-5-12/h4,10,13H,1-3,5-9,11H2,(H2,16,18,19,20). The molecule has 0 amide bonds. The highest BCUT2D eigenvalue weighted by Gasteiger charge is 2.28. The summed E-state index contributed by atoms with van der Waals surface area (Å²) in [5.74, 6) is 1.45. The third-order valence-corrected chi connectivity index (χ3v) is 6.03. The van der Waals surface area contributed by atoms with E-state index < -0.39 is 9.84 Å². The third kappa shape index (κ3) is 4.89. The van der Waals surface area contributed by atoms with Crippen molar-refractivity contribution in [3.8, 4) is 0 Å². The number of hydrogen-bond donors (Lipinski definition) is 2. The topological polar surface area (TPSA) is 96.9 Å². The smallest absolute Gasteiger partial charge is 0.244 e. The van der Waals surface area contributed by atoms with Gasteiger partial charge in [0, 0.05) is 12.6 Å². The monoisotopic (exact) mass is 337 g/mol. The van der Waals surface area contributed by atoms with Crippen LogP contribution in [0.3, 0.4) is 0 Å². The van der Waals surface area contributed by atoms with Crippen LogP contribution in [0, 0.1) is 0 Å². The Morgan fingerprint density at radius 3 is 2.96 bits per heavy atom. The maximum absolute atomic E-state index is 11.5. The maximum atomic E-state index is 11.5. The van der Waals surface area contributed by atoms with E-state index in [1.165, 1.54) is 37.5 Å². The van der Waals surface area contributed by atoms with Crippen molar-refractivity contribution in [2.24, 2.45) is 0 Å². The van der Waals surface area contributed by atoms with Crippen LogP contribution in [0.1, 0.15) is 38.5 Å². The molecule has 0 aromatic carbocycles. The van der Waals surface area contributed by atoms with E-state index in [1.54, 1.807) is 0 Å². The summed E-state index contributed by atoms with van der Waals surface area (Å²) in [5, 5.41) is 14.2. The van der Waals surface area contributed by atoms with E-state index in [2.05, 4.69) is 31.9 Å². The van der Waals surface area contributed by atoms with Gasteiger partial charge >= 0.3 is 0 Å². The normalized spacial score (nSPS) is 23.3. The van der Waals surface area contributed by atoms with Crippen LogP contribution in [0.15, 0.2) is 17.8 Å². The first kappa shape index (κ1) is 16.2. The molecule has 8 heteroatoms. The van der Waals surface area contributed by atoms with Crippen LogP contribution < -0.4 is 10.6 Å². The highest BCUT2D eigenvalue weighted by Crippen LogP contribution is 2.20. The van der Waals surface area contributed by atoms with E-state index in [0.717, 1.165) is 13.0 Å². The largest absolute Gasteiger partial charge is 0.365 e. The van der Waals surface area contributed by atoms with Gasteiger partial charge in [0.25, 0.3) is 0 Å². The minimum atomic E-state index is -2.90. The highest BCUT2D eigenvalue weighted by molar-refractivity contribution is 7.91. The molecular weight excluding hydrogens is 314 g/mol. The molecule has 126 valence electrons. The molecule has 1 unspecified atom stereocenters. The van der Waals surface area contributed by atoms with Gasteiger partial charge in [0.05, 0.1) is 17.7 Å². The fourth-order valence-corrected chi connectivity index (χ4v) is 4.71. The fraction of sp³-hybridized carbons (Fsp3) is 0.667. The molecule has 1 aliphatic heterocycles. The first-order valence-electron chi connectivity index (χ1n) is 8.19. The zero-order valence-corrected chi connectivity index (χ0v) is 14.0. The summed E-state index contributed by atoms with van der Waals surface area (Å²) in [6.45, 7) is 0.786. The summed E-state index contributed by atoms with van der Waals surface area (Å²) in [4.78, 5) is 4.36. The Balaban J connectivity index is 1.50. The average Bonchev–Trinajstić information content (AvgIpc) is 2.87. The van der Waals surface area contributed by atoms with Gasteiger partial charge < -0.3 is 10.6 Å². The quantitative estimate of drug-likeness (QED) is 0.764. The molecule has 1 aliphatic carbocycles. The van der Waals surface area contributed by atoms with Crippen LogP contribution in [-0.2, 0) is 9.84 Å². The van der Waals surface area contributed by atoms with Crippen molar-refractivity contribution < 1.29 is 8.42 Å². The average molecular weight is 337 g/mol. The zero-order valence-electron chi connectivity index (χ0n) is 13.2. The summed E-state index contributed by atoms with van der Waals surface area (Å²) in [6.07, 6.45) is 10.4. The Bertz CT molecular complexity index is 674. The van der Waals surface area contributed by atoms with Crippen LogP contribution in [0.2, 0.25) is 0 Å². The Morgan fingerprint density at radius 1 is 1.30 bits per heavy atom. The van der Waals surface area contributed by atoms with Crippen molar-refractivity contribution in [1.29, 1.82) is 0 Å². The summed E-state index contributed by atoms with van der Waals surface area (Å²) in [5.41, 5.74) is 1.50. The number of rotatable bonds is 6. The van der Waals surface area contributed by atoms with Crippen molar-refractivity contribution >= 4 is 21.6 Å². The molecule has 0 spiro atoms. The lowest BCUT2D eigenvalue weighted by molar-refractivity contribution is 0.602. The number of anilines is 2. The minimum Gasteiger partial charge on any atom is -0.365 e. The predicted octanol–water partition coefficient (Wildman–Crippen LogP) is 1.77. The fourth-order valence-electron chi connectivity index (χ4n) is 3.03. The van der Waals surface area contributed by atoms with E-state index in [0.29, 0.717) is 18.2 Å². The van der Waals surface area contributed by atoms with Gasteiger partial charge in [0.1, 0.15) is 0 Å². The highest BCUT2D eigenvalue weighted by atomic mass is 32.2. The van der Waals surface area contributed by atoms with Gasteiger partial charge in [-0.1, -0.05) is 11.6 Å². The Kier molecular flexibility index (Phi) is 5.09. The van der Waals surface area contributed by atoms with Crippen LogP contribution in [0.4, 0.5) is 11.8 Å². The minimum absolute atomic E-state index is 0.0862. The van der Waals surface area contributed by atoms with Gasteiger partial charge in [-0.15, -0.1) is 5.10 Å². The Morgan fingerprint density at radius 2 is 2.22 bits per heavy atom. The van der Waals surface area contributed by atoms with E-state index >= 15 is 0 Å². The van der Waals surface area contributed by atoms with Crippen LogP contribution >= 0.6 is 0 Å². The number of nitrogens with one attached hydrogen (secondary N) is 2. The van der Waals surface area contributed by atoms with Crippen LogP contribution in [0.25, 0.3) is 0 Å². The maximum Gasteiger partial charge on any atom is 0.244 e. The third-order valence-electron chi connectivity index (χ3n) is 4.26. The van der Waals surface area contributed by atoms with Crippen molar-refractivity contribution in [1.82, 2.24) is 15.2 Å². The molecule has 0 radical (unpaired) electrons. The second-order valence-corrected chi connectivity index (χ2v) is 8.42. The van der Waals surface area contributed by atoms with E-state index in [9.17, 15) is 8.42 Å². The number of sulfone groups is 1. The number of hydrogen-bond acceptors (Lipinski definition) is 7. The molecule has 2 heterocycles. The predicted molar refractivity (Wildman–Crippen MR) is 90.2 cm³/mol. The van der Waals surface area contributed by atoms with Gasteiger partial charge in [0.2, 0.25) is 5.95 Å². The Labute approximate surface area is 136 Å². The van der Waals surface area contributed by atoms with E-state index in [1.807, 2.05) is 0 Å². The molecule has 2 aliphatic rings. The van der Waals surface area contributed by atoms with Gasteiger partial charge in [-0.3, -0.25) is 0 Å². The van der Waals surface area contributed by atoms with Crippen LogP contribution in [0.5, 0.6) is 0 Å². The number of allylic oxidation sites excluding steroid dienone is 1. The molecule has 23 heavy (non-hydrogen) atoms. The molecule has 1 aromatic heterocycles. The zero-order chi connectivity index (χ0) is 16.1. The van der Waals surface area contributed by atoms with Gasteiger partial charge in [-0.25, -0.2) is 8.42 Å². The van der Waals surface area contributed by atoms with Crippen molar-refractivity contribution in [2.45, 2.75) is 44.6 Å². The Hall–Kier alpha value is -1.70. The van der Waals surface area contributed by atoms with Gasteiger partial charge in [-0.05, 0) is 38.5 Å². The number of nitrogens with zero attached hydrogens (tertiary/aromatic N) is 3. The van der Waals surface area contributed by atoms with Crippen molar-refractivity contribution in [3.63, 3.8) is 0 Å². The SMILES string of the molecule is O=S1(=O)CCC(Nc2cnnc(NCCC3=CCCCC3)n2)C1. The lowest BCUT2D eigenvalue weighted by Gasteiger charge is -2.13. The molecule has 7 nitrogen and oxygen atoms in total. The summed E-state index contributed by atoms with van der Waals surface area (Å²) >= 11 is 0. The lowest BCUT2D eigenvalue weighted by atomic mass is 9.97. The summed E-state index contributed by atoms with van der Waals surface area (Å²) < 4.78 is 23.0. The molecule has 0 saturated carbocycles. The van der Waals surface area contributed by atoms with E-state index in [-0.39, 0.29) is 17.5 Å². The van der Waals surface area contributed by atoms with E-state index in [4.69, 9.17) is 0 Å². The second-order valence-electron chi connectivity index (χ2n) is 6.19. The molecule has 3 rings (SSSR count). The molecule has 1 fully saturated rings. The van der Waals surface area contributed by atoms with Crippen LogP contribution in [-0.4, -0.2) is 47.7 Å². The number of aromatic nitrogens is 3. The molecule has 0 bridgehead atoms. The summed E-state index contributed by atoms with van der Waals surface area (Å²) in [6, 6.07) is -0.0862. The molecule has 1 atom stereocenters. The first-order chi connectivity index (χ1) is 11.1. The van der Waals surface area contributed by atoms with Gasteiger partial charge in [0.15, 0.2) is 15.7 Å². The second kappa shape index (κ2) is 7.25. The van der Waals surface area contributed by atoms with Crippen molar-refractivity contribution in [2.75, 3.05) is 28.7 Å². The lowest BCUT2D eigenvalue weighted by Crippen LogP contribution is -2.22. The van der Waals surface area contributed by atoms with Crippen molar-refractivity contribution in [3.05, 3.63) is 17.8 Å². The molecule has 1 saturated heterocycles. The molecule has 2 N–H and O–H groups in total. The van der Waals surface area contributed by atoms with Gasteiger partial charge in [-0.2, -0.15) is 10.1 Å². The molecule has 1 aromatic rings. The first-order valence-corrected chi connectivity index (χ1v) is 10.0.